The van der Waals surface area contributed by atoms with E-state index in [4.69, 9.17) is 0 Å². The maximum atomic E-state index is 12.7. The minimum atomic E-state index is -0.921. The standard InChI is InChI=1S/C14H24N2O3S/c1-5-15(9-13(2,3)19)12(18)10-8-20-14(4)7-6-11(17)16(10)14/h10,19H,5-9H2,1-4H3. The van der Waals surface area contributed by atoms with Crippen LogP contribution in [0.1, 0.15) is 40.5 Å². The first-order chi connectivity index (χ1) is 9.18. The van der Waals surface area contributed by atoms with Crippen LogP contribution in [0.3, 0.4) is 0 Å². The molecule has 0 aromatic heterocycles. The fourth-order valence-corrected chi connectivity index (χ4v) is 4.45. The van der Waals surface area contributed by atoms with E-state index in [1.54, 1.807) is 35.4 Å². The van der Waals surface area contributed by atoms with Crippen molar-refractivity contribution < 1.29 is 14.7 Å². The van der Waals surface area contributed by atoms with E-state index in [-0.39, 0.29) is 22.7 Å². The molecule has 20 heavy (non-hydrogen) atoms. The van der Waals surface area contributed by atoms with Gasteiger partial charge in [-0.25, -0.2) is 0 Å². The van der Waals surface area contributed by atoms with E-state index in [1.807, 2.05) is 13.8 Å². The number of aliphatic hydroxyl groups is 1. The molecule has 0 bridgehead atoms. The summed E-state index contributed by atoms with van der Waals surface area (Å²) in [5.41, 5.74) is -0.921. The molecule has 2 saturated heterocycles. The average molecular weight is 300 g/mol. The second-order valence-electron chi connectivity index (χ2n) is 6.43. The van der Waals surface area contributed by atoms with Crippen molar-refractivity contribution in [3.63, 3.8) is 0 Å². The summed E-state index contributed by atoms with van der Waals surface area (Å²) in [5.74, 6) is 0.694. The summed E-state index contributed by atoms with van der Waals surface area (Å²) in [6.45, 7) is 8.17. The highest BCUT2D eigenvalue weighted by atomic mass is 32.2. The van der Waals surface area contributed by atoms with Crippen molar-refractivity contribution in [2.75, 3.05) is 18.8 Å². The minimum absolute atomic E-state index is 0.0406. The maximum Gasteiger partial charge on any atom is 0.246 e. The number of rotatable bonds is 4. The quantitative estimate of drug-likeness (QED) is 0.843. The first kappa shape index (κ1) is 15.6. The molecule has 2 heterocycles. The molecule has 2 fully saturated rings. The van der Waals surface area contributed by atoms with Gasteiger partial charge in [-0.05, 0) is 34.1 Å². The van der Waals surface area contributed by atoms with Crippen molar-refractivity contribution in [2.45, 2.75) is 57.1 Å². The molecule has 0 aliphatic carbocycles. The first-order valence-electron chi connectivity index (χ1n) is 7.15. The Balaban J connectivity index is 2.14. The Labute approximate surface area is 124 Å². The molecule has 0 saturated carbocycles. The fourth-order valence-electron chi connectivity index (χ4n) is 3.03. The summed E-state index contributed by atoms with van der Waals surface area (Å²) in [5, 5.41) is 9.92. The number of hydrogen-bond donors (Lipinski definition) is 1. The average Bonchev–Trinajstić information content (AvgIpc) is 2.82. The van der Waals surface area contributed by atoms with Gasteiger partial charge in [-0.2, -0.15) is 0 Å². The molecule has 114 valence electrons. The van der Waals surface area contributed by atoms with Crippen molar-refractivity contribution in [3.05, 3.63) is 0 Å². The van der Waals surface area contributed by atoms with Crippen molar-refractivity contribution in [2.24, 2.45) is 0 Å². The summed E-state index contributed by atoms with van der Waals surface area (Å²) in [6.07, 6.45) is 1.35. The Morgan fingerprint density at radius 1 is 1.60 bits per heavy atom. The van der Waals surface area contributed by atoms with Gasteiger partial charge in [0.25, 0.3) is 0 Å². The molecule has 2 unspecified atom stereocenters. The lowest BCUT2D eigenvalue weighted by molar-refractivity contribution is -0.145. The molecule has 2 aliphatic rings. The number of carbonyl (C=O) groups is 2. The lowest BCUT2D eigenvalue weighted by Crippen LogP contribution is -2.53. The highest BCUT2D eigenvalue weighted by molar-refractivity contribution is 8.01. The Hall–Kier alpha value is -0.750. The van der Waals surface area contributed by atoms with Gasteiger partial charge in [0.15, 0.2) is 0 Å². The molecule has 2 aliphatic heterocycles. The van der Waals surface area contributed by atoms with Gasteiger partial charge in [-0.3, -0.25) is 9.59 Å². The number of nitrogens with zero attached hydrogens (tertiary/aromatic N) is 2. The molecule has 0 radical (unpaired) electrons. The molecular formula is C14H24N2O3S. The van der Waals surface area contributed by atoms with Crippen LogP contribution in [0.25, 0.3) is 0 Å². The lowest BCUT2D eigenvalue weighted by Gasteiger charge is -2.34. The minimum Gasteiger partial charge on any atom is -0.389 e. The molecule has 2 amide bonds. The Kier molecular flexibility index (Phi) is 4.08. The van der Waals surface area contributed by atoms with Crippen LogP contribution in [0.4, 0.5) is 0 Å². The molecule has 6 heteroatoms. The number of thioether (sulfide) groups is 1. The van der Waals surface area contributed by atoms with Gasteiger partial charge in [0.05, 0.1) is 10.5 Å². The van der Waals surface area contributed by atoms with Gasteiger partial charge in [0.2, 0.25) is 11.8 Å². The summed E-state index contributed by atoms with van der Waals surface area (Å²) < 4.78 is 0. The van der Waals surface area contributed by atoms with Crippen LogP contribution in [-0.2, 0) is 9.59 Å². The molecular weight excluding hydrogens is 276 g/mol. The van der Waals surface area contributed by atoms with Crippen LogP contribution in [0.5, 0.6) is 0 Å². The largest absolute Gasteiger partial charge is 0.389 e. The maximum absolute atomic E-state index is 12.7. The number of hydrogen-bond acceptors (Lipinski definition) is 4. The third-order valence-electron chi connectivity index (χ3n) is 4.00. The van der Waals surface area contributed by atoms with Crippen molar-refractivity contribution in [1.29, 1.82) is 0 Å². The van der Waals surface area contributed by atoms with E-state index in [9.17, 15) is 14.7 Å². The smallest absolute Gasteiger partial charge is 0.246 e. The van der Waals surface area contributed by atoms with Gasteiger partial charge in [-0.1, -0.05) is 0 Å². The summed E-state index contributed by atoms with van der Waals surface area (Å²) in [4.78, 5) is 28.0. The summed E-state index contributed by atoms with van der Waals surface area (Å²) >= 11 is 1.70. The van der Waals surface area contributed by atoms with Crippen LogP contribution in [-0.4, -0.2) is 62.1 Å². The van der Waals surface area contributed by atoms with Gasteiger partial charge >= 0.3 is 0 Å². The second kappa shape index (κ2) is 5.22. The van der Waals surface area contributed by atoms with Crippen LogP contribution < -0.4 is 0 Å². The van der Waals surface area contributed by atoms with Gasteiger partial charge in [-0.15, -0.1) is 11.8 Å². The zero-order chi connectivity index (χ0) is 15.1. The fraction of sp³-hybridized carbons (Fsp3) is 0.857. The van der Waals surface area contributed by atoms with Crippen LogP contribution in [0, 0.1) is 0 Å². The zero-order valence-electron chi connectivity index (χ0n) is 12.7. The molecule has 0 aromatic rings. The van der Waals surface area contributed by atoms with Crippen molar-refractivity contribution in [3.8, 4) is 0 Å². The third kappa shape index (κ3) is 2.81. The monoisotopic (exact) mass is 300 g/mol. The van der Waals surface area contributed by atoms with E-state index in [2.05, 4.69) is 0 Å². The van der Waals surface area contributed by atoms with Crippen molar-refractivity contribution >= 4 is 23.6 Å². The van der Waals surface area contributed by atoms with Gasteiger partial charge in [0.1, 0.15) is 6.04 Å². The summed E-state index contributed by atoms with van der Waals surface area (Å²) in [7, 11) is 0. The second-order valence-corrected chi connectivity index (χ2v) is 7.93. The molecule has 0 aromatic carbocycles. The number of fused-ring (bicyclic) bond motifs is 1. The summed E-state index contributed by atoms with van der Waals surface area (Å²) in [6, 6.07) is -0.373. The van der Waals surface area contributed by atoms with Gasteiger partial charge in [0, 0.05) is 25.3 Å². The number of carbonyl (C=O) groups excluding carboxylic acids is 2. The van der Waals surface area contributed by atoms with E-state index in [0.717, 1.165) is 6.42 Å². The topological polar surface area (TPSA) is 60.9 Å². The highest BCUT2D eigenvalue weighted by Gasteiger charge is 2.53. The Morgan fingerprint density at radius 2 is 2.25 bits per heavy atom. The predicted molar refractivity (Wildman–Crippen MR) is 79.3 cm³/mol. The molecule has 5 nitrogen and oxygen atoms in total. The lowest BCUT2D eigenvalue weighted by atomic mass is 10.1. The zero-order valence-corrected chi connectivity index (χ0v) is 13.5. The van der Waals surface area contributed by atoms with Gasteiger partial charge < -0.3 is 14.9 Å². The van der Waals surface area contributed by atoms with Crippen LogP contribution >= 0.6 is 11.8 Å². The van der Waals surface area contributed by atoms with E-state index in [1.165, 1.54) is 0 Å². The van der Waals surface area contributed by atoms with Crippen LogP contribution in [0.2, 0.25) is 0 Å². The molecule has 2 atom stereocenters. The SMILES string of the molecule is CCN(CC(C)(C)O)C(=O)C1CSC2(C)CCC(=O)N12. The Morgan fingerprint density at radius 3 is 2.80 bits per heavy atom. The predicted octanol–water partition coefficient (Wildman–Crippen LogP) is 1.06. The third-order valence-corrected chi connectivity index (χ3v) is 5.51. The molecule has 0 spiro atoms. The normalized spacial score (nSPS) is 29.8. The van der Waals surface area contributed by atoms with E-state index < -0.39 is 5.60 Å². The molecule has 2 rings (SSSR count). The number of amides is 2. The van der Waals surface area contributed by atoms with E-state index in [0.29, 0.717) is 25.3 Å². The first-order valence-corrected chi connectivity index (χ1v) is 8.14. The van der Waals surface area contributed by atoms with Crippen molar-refractivity contribution in [1.82, 2.24) is 9.80 Å². The van der Waals surface area contributed by atoms with Crippen LogP contribution in [0.15, 0.2) is 0 Å². The highest BCUT2D eigenvalue weighted by Crippen LogP contribution is 2.47. The number of likely N-dealkylation sites (N-methyl/N-ethyl adjacent to an activating group) is 1. The molecule has 1 N–H and O–H groups in total. The Bertz CT molecular complexity index is 421. The van der Waals surface area contributed by atoms with E-state index >= 15 is 0 Å².